The number of halogens is 2. The minimum absolute atomic E-state index is 0.247. The molecule has 2 N–H and O–H groups in total. The first-order chi connectivity index (χ1) is 22.7. The predicted octanol–water partition coefficient (Wildman–Crippen LogP) is 3.71. The second-order valence-electron chi connectivity index (χ2n) is 12.1. The first-order valence-electron chi connectivity index (χ1n) is 15.5. The second kappa shape index (κ2) is 17.1. The molecule has 3 amide bonds. The molecule has 3 aromatic rings. The fourth-order valence-electron chi connectivity index (χ4n) is 4.96. The van der Waals surface area contributed by atoms with Gasteiger partial charge in [-0.15, -0.1) is 0 Å². The Morgan fingerprint density at radius 2 is 1.38 bits per heavy atom. The van der Waals surface area contributed by atoms with E-state index in [1.165, 1.54) is 26.0 Å². The fraction of sp³-hybridized carbons (Fsp3) is 0.361. The van der Waals surface area contributed by atoms with E-state index in [2.05, 4.69) is 5.32 Å². The number of alkyl halides is 2. The summed E-state index contributed by atoms with van der Waals surface area (Å²) < 4.78 is 36.7. The number of carboxylic acid groups (broad SMARTS) is 1. The Kier molecular flexibility index (Phi) is 13.3. The SMILES string of the molecule is CC(C)C(C=O)NC(=O)C(F)(F)C(=O)[C@H](Cc1ccc(OCc2ccccc2)cc1)NC(=O)[C@H](C(C)C)N(Cc1ccccc1)C(=O)[O-]. The van der Waals surface area contributed by atoms with E-state index in [4.69, 9.17) is 4.74 Å². The molecule has 0 aromatic heterocycles. The van der Waals surface area contributed by atoms with Gasteiger partial charge in [-0.25, -0.2) is 0 Å². The number of hydrogen-bond acceptors (Lipinski definition) is 7. The smallest absolute Gasteiger partial charge is 0.383 e. The van der Waals surface area contributed by atoms with Crippen molar-refractivity contribution in [3.63, 3.8) is 0 Å². The Labute approximate surface area is 278 Å². The van der Waals surface area contributed by atoms with Crippen LogP contribution in [0.25, 0.3) is 0 Å². The van der Waals surface area contributed by atoms with Crippen LogP contribution in [0.3, 0.4) is 0 Å². The number of rotatable bonds is 17. The summed E-state index contributed by atoms with van der Waals surface area (Å²) >= 11 is 0. The highest BCUT2D eigenvalue weighted by Crippen LogP contribution is 2.23. The van der Waals surface area contributed by atoms with E-state index in [1.807, 2.05) is 35.6 Å². The monoisotopic (exact) mass is 664 g/mol. The van der Waals surface area contributed by atoms with Crippen molar-refractivity contribution in [3.8, 4) is 5.75 Å². The Hall–Kier alpha value is -5.13. The molecule has 12 heteroatoms. The average Bonchev–Trinajstić information content (AvgIpc) is 3.06. The summed E-state index contributed by atoms with van der Waals surface area (Å²) in [5, 5.41) is 16.4. The van der Waals surface area contributed by atoms with Crippen molar-refractivity contribution >= 4 is 30.0 Å². The zero-order chi connectivity index (χ0) is 35.4. The van der Waals surface area contributed by atoms with Gasteiger partial charge in [0.25, 0.3) is 5.91 Å². The van der Waals surface area contributed by atoms with E-state index in [0.717, 1.165) is 10.5 Å². The van der Waals surface area contributed by atoms with Gasteiger partial charge in [-0.2, -0.15) is 8.78 Å². The van der Waals surface area contributed by atoms with Crippen LogP contribution in [0, 0.1) is 11.8 Å². The average molecular weight is 665 g/mol. The van der Waals surface area contributed by atoms with E-state index in [0.29, 0.717) is 16.9 Å². The minimum atomic E-state index is -4.65. The number of carbonyl (C=O) groups excluding carboxylic acids is 5. The van der Waals surface area contributed by atoms with Crippen molar-refractivity contribution < 1.29 is 42.6 Å². The molecule has 0 radical (unpaired) electrons. The Bertz CT molecular complexity index is 1530. The zero-order valence-corrected chi connectivity index (χ0v) is 27.2. The highest BCUT2D eigenvalue weighted by atomic mass is 19.3. The number of carbonyl (C=O) groups is 5. The lowest BCUT2D eigenvalue weighted by Gasteiger charge is -2.36. The van der Waals surface area contributed by atoms with Crippen molar-refractivity contribution in [3.05, 3.63) is 102 Å². The maximum absolute atomic E-state index is 15.5. The van der Waals surface area contributed by atoms with Gasteiger partial charge >= 0.3 is 5.92 Å². The van der Waals surface area contributed by atoms with E-state index in [-0.39, 0.29) is 19.4 Å². The third-order valence-electron chi connectivity index (χ3n) is 7.67. The molecule has 0 fully saturated rings. The molecule has 48 heavy (non-hydrogen) atoms. The first kappa shape index (κ1) is 37.3. The van der Waals surface area contributed by atoms with Crippen molar-refractivity contribution in [1.82, 2.24) is 15.5 Å². The lowest BCUT2D eigenvalue weighted by Crippen LogP contribution is -2.61. The standard InChI is InChI=1S/C36H41F2N3O7/c1-23(2)30(21-42)40-34(45)36(37,38)32(43)29(19-25-15-17-28(18-16-25)48-22-27-13-9-6-10-14-27)39-33(44)31(24(3)4)41(35(46)47)20-26-11-7-5-8-12-26/h5-18,21,23-24,29-31H,19-20,22H2,1-4H3,(H,39,44)(H,40,45)(H,46,47)/p-1/t29-,30?,31-/m0/s1. The topological polar surface area (TPSA) is 145 Å². The molecule has 0 aliphatic carbocycles. The van der Waals surface area contributed by atoms with Crippen molar-refractivity contribution in [2.75, 3.05) is 0 Å². The van der Waals surface area contributed by atoms with Crippen LogP contribution in [0.15, 0.2) is 84.9 Å². The van der Waals surface area contributed by atoms with E-state index in [1.54, 1.807) is 56.3 Å². The minimum Gasteiger partial charge on any atom is -0.530 e. The van der Waals surface area contributed by atoms with Gasteiger partial charge in [-0.1, -0.05) is 100 Å². The summed E-state index contributed by atoms with van der Waals surface area (Å²) in [5.41, 5.74) is 1.80. The first-order valence-corrected chi connectivity index (χ1v) is 15.5. The number of nitrogens with one attached hydrogen (secondary N) is 2. The van der Waals surface area contributed by atoms with Crippen LogP contribution in [-0.2, 0) is 38.8 Å². The van der Waals surface area contributed by atoms with Crippen LogP contribution in [0.4, 0.5) is 13.6 Å². The molecule has 0 bridgehead atoms. The summed E-state index contributed by atoms with van der Waals surface area (Å²) in [6.45, 7) is 6.20. The number of aldehydes is 1. The molecule has 10 nitrogen and oxygen atoms in total. The van der Waals surface area contributed by atoms with Gasteiger partial charge in [0.2, 0.25) is 11.7 Å². The van der Waals surface area contributed by atoms with Crippen molar-refractivity contribution in [1.29, 1.82) is 0 Å². The summed E-state index contributed by atoms with van der Waals surface area (Å²) in [4.78, 5) is 64.1. The molecular formula is C36H40F2N3O7-. The Balaban J connectivity index is 1.90. The number of ether oxygens (including phenoxy) is 1. The fourth-order valence-corrected chi connectivity index (χ4v) is 4.96. The summed E-state index contributed by atoms with van der Waals surface area (Å²) in [5.74, 6) is -10.4. The maximum atomic E-state index is 15.5. The van der Waals surface area contributed by atoms with Crippen LogP contribution >= 0.6 is 0 Å². The molecule has 0 spiro atoms. The molecule has 0 saturated heterocycles. The number of hydrogen-bond donors (Lipinski definition) is 2. The maximum Gasteiger partial charge on any atom is 0.383 e. The zero-order valence-electron chi connectivity index (χ0n) is 27.2. The van der Waals surface area contributed by atoms with Gasteiger partial charge in [0.05, 0.1) is 12.1 Å². The van der Waals surface area contributed by atoms with Gasteiger partial charge in [-0.3, -0.25) is 14.4 Å². The van der Waals surface area contributed by atoms with Gasteiger partial charge in [0.1, 0.15) is 30.8 Å². The third kappa shape index (κ3) is 10.2. The molecule has 3 aromatic carbocycles. The van der Waals surface area contributed by atoms with Gasteiger partial charge in [0.15, 0.2) is 0 Å². The molecule has 0 aliphatic heterocycles. The quantitative estimate of drug-likeness (QED) is 0.165. The molecule has 0 saturated carbocycles. The van der Waals surface area contributed by atoms with Crippen LogP contribution in [0.5, 0.6) is 5.75 Å². The number of nitrogens with zero attached hydrogens (tertiary/aromatic N) is 1. The van der Waals surface area contributed by atoms with Crippen LogP contribution < -0.4 is 20.5 Å². The van der Waals surface area contributed by atoms with Gasteiger partial charge in [-0.05, 0) is 40.7 Å². The lowest BCUT2D eigenvalue weighted by atomic mass is 9.95. The van der Waals surface area contributed by atoms with Crippen LogP contribution in [-0.4, -0.2) is 58.9 Å². The normalized spacial score (nSPS) is 13.2. The molecule has 0 aliphatic rings. The summed E-state index contributed by atoms with van der Waals surface area (Å²) in [6.07, 6.45) is -1.86. The number of ketones is 1. The van der Waals surface area contributed by atoms with Gasteiger partial charge < -0.3 is 35.0 Å². The second-order valence-corrected chi connectivity index (χ2v) is 12.1. The highest BCUT2D eigenvalue weighted by Gasteiger charge is 2.51. The molecule has 0 heterocycles. The third-order valence-corrected chi connectivity index (χ3v) is 7.67. The van der Waals surface area contributed by atoms with E-state index in [9.17, 15) is 29.1 Å². The molecule has 3 rings (SSSR count). The number of benzene rings is 3. The molecule has 3 atom stereocenters. The highest BCUT2D eigenvalue weighted by molar-refractivity contribution is 6.11. The van der Waals surface area contributed by atoms with Crippen LogP contribution in [0.2, 0.25) is 0 Å². The summed E-state index contributed by atoms with van der Waals surface area (Å²) in [7, 11) is 0. The largest absolute Gasteiger partial charge is 0.530 e. The van der Waals surface area contributed by atoms with E-state index < -0.39 is 66.0 Å². The molecular weight excluding hydrogens is 624 g/mol. The Morgan fingerprint density at radius 1 is 0.812 bits per heavy atom. The van der Waals surface area contributed by atoms with Gasteiger partial charge in [0, 0.05) is 13.0 Å². The van der Waals surface area contributed by atoms with Crippen LogP contribution in [0.1, 0.15) is 44.4 Å². The summed E-state index contributed by atoms with van der Waals surface area (Å²) in [6, 6.07) is 19.2. The molecule has 1 unspecified atom stereocenters. The number of amides is 3. The van der Waals surface area contributed by atoms with Crippen molar-refractivity contribution in [2.45, 2.75) is 71.3 Å². The predicted molar refractivity (Wildman–Crippen MR) is 172 cm³/mol. The van der Waals surface area contributed by atoms with Crippen molar-refractivity contribution in [2.24, 2.45) is 11.8 Å². The molecule has 256 valence electrons. The number of Topliss-reactive ketones (excluding diaryl/α,β-unsaturated/α-hetero) is 1. The Morgan fingerprint density at radius 3 is 1.88 bits per heavy atom. The van der Waals surface area contributed by atoms with E-state index >= 15 is 8.78 Å². The lowest BCUT2D eigenvalue weighted by molar-refractivity contribution is -0.269.